The number of piperazine rings is 1. The van der Waals surface area contributed by atoms with Gasteiger partial charge in [0.2, 0.25) is 10.0 Å². The van der Waals surface area contributed by atoms with Gasteiger partial charge in [-0.05, 0) is 26.5 Å². The first-order valence-electron chi connectivity index (χ1n) is 7.40. The van der Waals surface area contributed by atoms with Gasteiger partial charge < -0.3 is 14.6 Å². The molecule has 2 rings (SSSR count). The Morgan fingerprint density at radius 2 is 2.10 bits per heavy atom. The predicted molar refractivity (Wildman–Crippen MR) is 81.5 cm³/mol. The molecule has 0 aromatic carbocycles. The van der Waals surface area contributed by atoms with Crippen LogP contribution in [0.25, 0.3) is 0 Å². The average molecular weight is 315 g/mol. The molecule has 2 heterocycles. The van der Waals surface area contributed by atoms with E-state index in [9.17, 15) is 13.5 Å². The van der Waals surface area contributed by atoms with Gasteiger partial charge in [0.15, 0.2) is 0 Å². The molecular weight excluding hydrogens is 290 g/mol. The molecule has 1 aromatic heterocycles. The highest BCUT2D eigenvalue weighted by Crippen LogP contribution is 2.23. The first-order valence-corrected chi connectivity index (χ1v) is 8.84. The molecule has 0 amide bonds. The summed E-state index contributed by atoms with van der Waals surface area (Å²) < 4.78 is 29.0. The van der Waals surface area contributed by atoms with Crippen LogP contribution in [0.1, 0.15) is 26.0 Å². The smallest absolute Gasteiger partial charge is 0.244 e. The van der Waals surface area contributed by atoms with Crippen molar-refractivity contribution in [2.24, 2.45) is 0 Å². The minimum atomic E-state index is -3.49. The molecule has 0 radical (unpaired) electrons. The summed E-state index contributed by atoms with van der Waals surface area (Å²) in [5.41, 5.74) is 0.650. The zero-order chi connectivity index (χ0) is 15.6. The summed E-state index contributed by atoms with van der Waals surface area (Å²) in [4.78, 5) is 2.43. The van der Waals surface area contributed by atoms with Crippen LogP contribution in [0.5, 0.6) is 0 Å². The fraction of sp³-hybridized carbons (Fsp3) is 0.714. The molecule has 0 saturated carbocycles. The molecule has 1 fully saturated rings. The number of likely N-dealkylation sites (N-methyl/N-ethyl adjacent to an activating group) is 1. The van der Waals surface area contributed by atoms with Crippen LogP contribution < -0.4 is 0 Å². The maximum atomic E-state index is 12.8. The number of rotatable bonds is 5. The molecule has 0 aliphatic carbocycles. The molecule has 1 atom stereocenters. The van der Waals surface area contributed by atoms with E-state index < -0.39 is 10.0 Å². The minimum absolute atomic E-state index is 0.0409. The lowest BCUT2D eigenvalue weighted by Crippen LogP contribution is -2.52. The topological polar surface area (TPSA) is 65.8 Å². The van der Waals surface area contributed by atoms with Gasteiger partial charge in [-0.2, -0.15) is 4.31 Å². The highest BCUT2D eigenvalue weighted by Gasteiger charge is 2.33. The van der Waals surface area contributed by atoms with E-state index >= 15 is 0 Å². The first kappa shape index (κ1) is 16.5. The maximum absolute atomic E-state index is 12.8. The van der Waals surface area contributed by atoms with Gasteiger partial charge in [0, 0.05) is 44.1 Å². The summed E-state index contributed by atoms with van der Waals surface area (Å²) in [6.07, 6.45) is 2.54. The number of hydrogen-bond acceptors (Lipinski definition) is 4. The lowest BCUT2D eigenvalue weighted by Gasteiger charge is -2.36. The quantitative estimate of drug-likeness (QED) is 0.869. The molecular formula is C14H25N3O3S. The Balaban J connectivity index is 2.31. The van der Waals surface area contributed by atoms with Gasteiger partial charge in [0.05, 0.1) is 6.61 Å². The largest absolute Gasteiger partial charge is 0.390 e. The lowest BCUT2D eigenvalue weighted by atomic mass is 10.2. The monoisotopic (exact) mass is 315 g/mol. The van der Waals surface area contributed by atoms with Crippen molar-refractivity contribution >= 4 is 10.0 Å². The minimum Gasteiger partial charge on any atom is -0.390 e. The number of sulfonamides is 1. The van der Waals surface area contributed by atoms with E-state index in [2.05, 4.69) is 4.90 Å². The number of aliphatic hydroxyl groups is 1. The summed E-state index contributed by atoms with van der Waals surface area (Å²) >= 11 is 0. The number of hydrogen-bond donors (Lipinski definition) is 1. The van der Waals surface area contributed by atoms with Crippen LogP contribution in [-0.2, 0) is 23.2 Å². The Hall–Kier alpha value is -0.890. The third-order valence-corrected chi connectivity index (χ3v) is 5.94. The highest BCUT2D eigenvalue weighted by molar-refractivity contribution is 7.89. The molecule has 6 nitrogen and oxygen atoms in total. The molecule has 21 heavy (non-hydrogen) atoms. The Morgan fingerprint density at radius 1 is 1.38 bits per heavy atom. The van der Waals surface area contributed by atoms with Crippen molar-refractivity contribution in [3.63, 3.8) is 0 Å². The fourth-order valence-electron chi connectivity index (χ4n) is 2.86. The standard InChI is InChI=1S/C14H25N3O3S/c1-4-5-16-10-14(8-13(16)11-18)21(19,20)17-7-6-15(3)9-12(17)2/h8,10,12,18H,4-7,9,11H2,1-3H3. The second-order valence-corrected chi connectivity index (χ2v) is 7.64. The second-order valence-electron chi connectivity index (χ2n) is 5.75. The maximum Gasteiger partial charge on any atom is 0.244 e. The predicted octanol–water partition coefficient (Wildman–Crippen LogP) is 0.715. The molecule has 1 aliphatic heterocycles. The molecule has 1 saturated heterocycles. The van der Waals surface area contributed by atoms with Crippen LogP contribution in [0.3, 0.4) is 0 Å². The second kappa shape index (κ2) is 6.48. The first-order chi connectivity index (χ1) is 9.90. The third-order valence-electron chi connectivity index (χ3n) is 3.96. The molecule has 0 bridgehead atoms. The van der Waals surface area contributed by atoms with Crippen molar-refractivity contribution in [1.29, 1.82) is 0 Å². The summed E-state index contributed by atoms with van der Waals surface area (Å²) in [6, 6.07) is 1.55. The van der Waals surface area contributed by atoms with Crippen LogP contribution in [0.4, 0.5) is 0 Å². The Kier molecular flexibility index (Phi) is 5.08. The highest BCUT2D eigenvalue weighted by atomic mass is 32.2. The number of aromatic nitrogens is 1. The molecule has 1 aromatic rings. The van der Waals surface area contributed by atoms with Crippen LogP contribution in [-0.4, -0.2) is 60.0 Å². The zero-order valence-electron chi connectivity index (χ0n) is 13.0. The number of nitrogens with zero attached hydrogens (tertiary/aromatic N) is 3. The molecule has 1 aliphatic rings. The van der Waals surface area contributed by atoms with Gasteiger partial charge in [-0.3, -0.25) is 0 Å². The Morgan fingerprint density at radius 3 is 2.67 bits per heavy atom. The van der Waals surface area contributed by atoms with Gasteiger partial charge in [-0.15, -0.1) is 0 Å². The van der Waals surface area contributed by atoms with Gasteiger partial charge in [0.1, 0.15) is 4.90 Å². The summed E-state index contributed by atoms with van der Waals surface area (Å²) in [5, 5.41) is 9.39. The van der Waals surface area contributed by atoms with Crippen LogP contribution in [0.15, 0.2) is 17.2 Å². The molecule has 1 unspecified atom stereocenters. The zero-order valence-corrected chi connectivity index (χ0v) is 13.8. The van der Waals surface area contributed by atoms with Gasteiger partial charge in [-0.1, -0.05) is 6.92 Å². The number of aliphatic hydroxyl groups excluding tert-OH is 1. The summed E-state index contributed by atoms with van der Waals surface area (Å²) in [6.45, 7) is 6.51. The van der Waals surface area contributed by atoms with Crippen molar-refractivity contribution in [3.8, 4) is 0 Å². The van der Waals surface area contributed by atoms with Gasteiger partial charge in [0.25, 0.3) is 0 Å². The molecule has 7 heteroatoms. The van der Waals surface area contributed by atoms with Gasteiger partial charge in [-0.25, -0.2) is 8.42 Å². The van der Waals surface area contributed by atoms with Crippen molar-refractivity contribution in [2.75, 3.05) is 26.7 Å². The van der Waals surface area contributed by atoms with E-state index in [0.29, 0.717) is 18.8 Å². The summed E-state index contributed by atoms with van der Waals surface area (Å²) in [7, 11) is -1.49. The van der Waals surface area contributed by atoms with Crippen LogP contribution in [0.2, 0.25) is 0 Å². The van der Waals surface area contributed by atoms with Crippen molar-refractivity contribution < 1.29 is 13.5 Å². The number of aryl methyl sites for hydroxylation is 1. The lowest BCUT2D eigenvalue weighted by molar-refractivity contribution is 0.170. The average Bonchev–Trinajstić information content (AvgIpc) is 2.82. The van der Waals surface area contributed by atoms with E-state index in [0.717, 1.165) is 19.5 Å². The SMILES string of the molecule is CCCn1cc(S(=O)(=O)N2CCN(C)CC2C)cc1CO. The normalized spacial score (nSPS) is 21.8. The fourth-order valence-corrected chi connectivity index (χ4v) is 4.54. The molecule has 120 valence electrons. The van der Waals surface area contributed by atoms with E-state index in [-0.39, 0.29) is 17.5 Å². The summed E-state index contributed by atoms with van der Waals surface area (Å²) in [5.74, 6) is 0. The van der Waals surface area contributed by atoms with E-state index in [1.165, 1.54) is 0 Å². The van der Waals surface area contributed by atoms with E-state index in [1.54, 1.807) is 16.6 Å². The van der Waals surface area contributed by atoms with Gasteiger partial charge >= 0.3 is 0 Å². The Labute approximate surface area is 127 Å². The van der Waals surface area contributed by atoms with Crippen molar-refractivity contribution in [3.05, 3.63) is 18.0 Å². The third kappa shape index (κ3) is 3.31. The van der Waals surface area contributed by atoms with Crippen LogP contribution >= 0.6 is 0 Å². The molecule has 0 spiro atoms. The Bertz CT molecular complexity index is 582. The van der Waals surface area contributed by atoms with E-state index in [1.807, 2.05) is 25.5 Å². The van der Waals surface area contributed by atoms with Crippen LogP contribution in [0, 0.1) is 0 Å². The van der Waals surface area contributed by atoms with Crippen molar-refractivity contribution in [2.45, 2.75) is 44.4 Å². The molecule has 1 N–H and O–H groups in total. The van der Waals surface area contributed by atoms with E-state index in [4.69, 9.17) is 0 Å². The van der Waals surface area contributed by atoms with Crippen molar-refractivity contribution in [1.82, 2.24) is 13.8 Å².